The number of hydrogen-bond donors (Lipinski definition) is 1. The monoisotopic (exact) mass is 325 g/mol. The van der Waals surface area contributed by atoms with Crippen LogP contribution in [0.1, 0.15) is 21.5 Å². The molecule has 0 spiro atoms. The third kappa shape index (κ3) is 3.60. The highest BCUT2D eigenvalue weighted by Gasteiger charge is 2.11. The Morgan fingerprint density at radius 2 is 2.00 bits per heavy atom. The van der Waals surface area contributed by atoms with Crippen LogP contribution in [-0.2, 0) is 6.54 Å². The smallest absolute Gasteiger partial charge is 0.256 e. The first-order chi connectivity index (χ1) is 11.1. The van der Waals surface area contributed by atoms with Crippen molar-refractivity contribution in [3.63, 3.8) is 0 Å². The minimum Gasteiger partial charge on any atom is -0.307 e. The normalized spacial score (nSPS) is 10.5. The van der Waals surface area contributed by atoms with Gasteiger partial charge in [0, 0.05) is 16.7 Å². The summed E-state index contributed by atoms with van der Waals surface area (Å²) in [6.45, 7) is 2.45. The fourth-order valence-corrected chi connectivity index (χ4v) is 2.52. The number of aryl methyl sites for hydroxylation is 1. The second-order valence-corrected chi connectivity index (χ2v) is 5.70. The second kappa shape index (κ2) is 6.67. The Bertz CT molecular complexity index is 842. The Morgan fingerprint density at radius 1 is 1.17 bits per heavy atom. The number of carbonyl (C=O) groups is 1. The predicted octanol–water partition coefficient (Wildman–Crippen LogP) is 4.15. The molecule has 116 valence electrons. The van der Waals surface area contributed by atoms with Crippen LogP contribution in [0, 0.1) is 6.92 Å². The summed E-state index contributed by atoms with van der Waals surface area (Å²) in [5.41, 5.74) is 2.61. The number of halogens is 1. The molecule has 3 rings (SSSR count). The lowest BCUT2D eigenvalue weighted by molar-refractivity contribution is 0.102. The van der Waals surface area contributed by atoms with E-state index in [-0.39, 0.29) is 5.91 Å². The molecule has 0 aliphatic carbocycles. The van der Waals surface area contributed by atoms with Crippen molar-refractivity contribution < 1.29 is 4.79 Å². The molecule has 0 fully saturated rings. The van der Waals surface area contributed by atoms with E-state index in [1.165, 1.54) is 0 Å². The molecule has 0 saturated carbocycles. The van der Waals surface area contributed by atoms with E-state index in [1.54, 1.807) is 23.0 Å². The van der Waals surface area contributed by atoms with Crippen LogP contribution in [0.25, 0.3) is 0 Å². The average Bonchev–Trinajstić information content (AvgIpc) is 2.96. The van der Waals surface area contributed by atoms with Crippen molar-refractivity contribution >= 4 is 23.3 Å². The van der Waals surface area contributed by atoms with E-state index in [0.717, 1.165) is 11.1 Å². The summed E-state index contributed by atoms with van der Waals surface area (Å²) in [5.74, 6) is 0.478. The number of amides is 1. The molecule has 1 amide bonds. The van der Waals surface area contributed by atoms with Crippen LogP contribution in [-0.4, -0.2) is 15.7 Å². The van der Waals surface area contributed by atoms with Gasteiger partial charge >= 0.3 is 0 Å². The van der Waals surface area contributed by atoms with Gasteiger partial charge in [0.25, 0.3) is 5.91 Å². The number of carbonyl (C=O) groups excluding carboxylic acids is 1. The van der Waals surface area contributed by atoms with E-state index in [1.807, 2.05) is 49.4 Å². The maximum absolute atomic E-state index is 12.4. The first kappa shape index (κ1) is 15.3. The van der Waals surface area contributed by atoms with Crippen LogP contribution in [0.5, 0.6) is 0 Å². The van der Waals surface area contributed by atoms with Gasteiger partial charge in [0.05, 0.1) is 12.7 Å². The number of anilines is 1. The molecule has 0 bridgehead atoms. The first-order valence-corrected chi connectivity index (χ1v) is 7.64. The summed E-state index contributed by atoms with van der Waals surface area (Å²) in [6, 6.07) is 16.8. The standard InChI is InChI=1S/C18H16ClN3O/c1-13-5-4-7-14(11-13)18(23)21-17-9-10-20-22(17)12-15-6-2-3-8-16(15)19/h2-11H,12H2,1H3,(H,21,23). The maximum atomic E-state index is 12.4. The minimum atomic E-state index is -0.158. The molecule has 2 aromatic carbocycles. The molecule has 0 aliphatic rings. The van der Waals surface area contributed by atoms with Crippen molar-refractivity contribution in [3.8, 4) is 0 Å². The first-order valence-electron chi connectivity index (χ1n) is 7.27. The van der Waals surface area contributed by atoms with Crippen LogP contribution < -0.4 is 5.32 Å². The summed E-state index contributed by atoms with van der Waals surface area (Å²) < 4.78 is 1.72. The zero-order chi connectivity index (χ0) is 16.2. The Balaban J connectivity index is 1.79. The molecule has 0 saturated heterocycles. The third-order valence-corrected chi connectivity index (χ3v) is 3.89. The molecule has 5 heteroatoms. The molecule has 0 unspecified atom stereocenters. The van der Waals surface area contributed by atoms with Crippen molar-refractivity contribution in [2.75, 3.05) is 5.32 Å². The largest absolute Gasteiger partial charge is 0.307 e. The minimum absolute atomic E-state index is 0.158. The van der Waals surface area contributed by atoms with Crippen molar-refractivity contribution in [2.45, 2.75) is 13.5 Å². The molecule has 1 aromatic heterocycles. The van der Waals surface area contributed by atoms with Crippen LogP contribution in [0.2, 0.25) is 5.02 Å². The Hall–Kier alpha value is -2.59. The van der Waals surface area contributed by atoms with Crippen LogP contribution in [0.15, 0.2) is 60.8 Å². The van der Waals surface area contributed by atoms with E-state index >= 15 is 0 Å². The zero-order valence-electron chi connectivity index (χ0n) is 12.7. The van der Waals surface area contributed by atoms with Gasteiger partial charge in [0.1, 0.15) is 5.82 Å². The van der Waals surface area contributed by atoms with Gasteiger partial charge in [-0.15, -0.1) is 0 Å². The quantitative estimate of drug-likeness (QED) is 0.783. The number of aromatic nitrogens is 2. The molecule has 3 aromatic rings. The molecular formula is C18H16ClN3O. The lowest BCUT2D eigenvalue weighted by atomic mass is 10.1. The highest BCUT2D eigenvalue weighted by molar-refractivity contribution is 6.31. The highest BCUT2D eigenvalue weighted by atomic mass is 35.5. The van der Waals surface area contributed by atoms with Gasteiger partial charge in [0.15, 0.2) is 0 Å². The molecule has 0 atom stereocenters. The van der Waals surface area contributed by atoms with Gasteiger partial charge in [-0.05, 0) is 30.7 Å². The van der Waals surface area contributed by atoms with E-state index in [0.29, 0.717) is 22.9 Å². The van der Waals surface area contributed by atoms with Crippen molar-refractivity contribution in [3.05, 3.63) is 82.5 Å². The summed E-state index contributed by atoms with van der Waals surface area (Å²) >= 11 is 6.18. The summed E-state index contributed by atoms with van der Waals surface area (Å²) in [7, 11) is 0. The Morgan fingerprint density at radius 3 is 2.78 bits per heavy atom. The van der Waals surface area contributed by atoms with Gasteiger partial charge in [0.2, 0.25) is 0 Å². The number of benzene rings is 2. The fraction of sp³-hybridized carbons (Fsp3) is 0.111. The lowest BCUT2D eigenvalue weighted by Gasteiger charge is -2.10. The molecule has 0 aliphatic heterocycles. The summed E-state index contributed by atoms with van der Waals surface area (Å²) in [6.07, 6.45) is 1.66. The van der Waals surface area contributed by atoms with Gasteiger partial charge < -0.3 is 5.32 Å². The Kier molecular flexibility index (Phi) is 4.44. The van der Waals surface area contributed by atoms with E-state index in [9.17, 15) is 4.79 Å². The van der Waals surface area contributed by atoms with Gasteiger partial charge in [-0.3, -0.25) is 4.79 Å². The van der Waals surface area contributed by atoms with E-state index < -0.39 is 0 Å². The third-order valence-electron chi connectivity index (χ3n) is 3.52. The molecule has 0 radical (unpaired) electrons. The number of hydrogen-bond acceptors (Lipinski definition) is 2. The van der Waals surface area contributed by atoms with Gasteiger partial charge in [-0.1, -0.05) is 47.5 Å². The predicted molar refractivity (Wildman–Crippen MR) is 91.9 cm³/mol. The average molecular weight is 326 g/mol. The molecule has 1 N–H and O–H groups in total. The van der Waals surface area contributed by atoms with Crippen LogP contribution in [0.4, 0.5) is 5.82 Å². The molecule has 4 nitrogen and oxygen atoms in total. The molecule has 23 heavy (non-hydrogen) atoms. The SMILES string of the molecule is Cc1cccc(C(=O)Nc2ccnn2Cc2ccccc2Cl)c1. The molecular weight excluding hydrogens is 310 g/mol. The number of nitrogens with one attached hydrogen (secondary N) is 1. The number of nitrogens with zero attached hydrogens (tertiary/aromatic N) is 2. The lowest BCUT2D eigenvalue weighted by Crippen LogP contribution is -2.16. The van der Waals surface area contributed by atoms with Crippen molar-refractivity contribution in [1.29, 1.82) is 0 Å². The van der Waals surface area contributed by atoms with Crippen molar-refractivity contribution in [1.82, 2.24) is 9.78 Å². The van der Waals surface area contributed by atoms with Crippen LogP contribution >= 0.6 is 11.6 Å². The van der Waals surface area contributed by atoms with E-state index in [4.69, 9.17) is 11.6 Å². The highest BCUT2D eigenvalue weighted by Crippen LogP contribution is 2.18. The fourth-order valence-electron chi connectivity index (χ4n) is 2.33. The van der Waals surface area contributed by atoms with Crippen molar-refractivity contribution in [2.24, 2.45) is 0 Å². The van der Waals surface area contributed by atoms with E-state index in [2.05, 4.69) is 10.4 Å². The van der Waals surface area contributed by atoms with Gasteiger partial charge in [-0.2, -0.15) is 5.10 Å². The Labute approximate surface area is 139 Å². The van der Waals surface area contributed by atoms with Gasteiger partial charge in [-0.25, -0.2) is 4.68 Å². The summed E-state index contributed by atoms with van der Waals surface area (Å²) in [4.78, 5) is 12.4. The maximum Gasteiger partial charge on any atom is 0.256 e. The second-order valence-electron chi connectivity index (χ2n) is 5.29. The zero-order valence-corrected chi connectivity index (χ0v) is 13.4. The number of rotatable bonds is 4. The summed E-state index contributed by atoms with van der Waals surface area (Å²) in [5, 5.41) is 7.83. The van der Waals surface area contributed by atoms with Crippen LogP contribution in [0.3, 0.4) is 0 Å². The topological polar surface area (TPSA) is 46.9 Å². The molecule has 1 heterocycles.